The van der Waals surface area contributed by atoms with Gasteiger partial charge in [0.1, 0.15) is 0 Å². The first-order valence-electron chi connectivity index (χ1n) is 7.18. The molecule has 0 saturated carbocycles. The Hall–Kier alpha value is -1.78. The van der Waals surface area contributed by atoms with Gasteiger partial charge in [-0.3, -0.25) is 14.9 Å². The van der Waals surface area contributed by atoms with E-state index in [1.165, 1.54) is 5.56 Å². The fourth-order valence-electron chi connectivity index (χ4n) is 2.74. The second-order valence-electron chi connectivity index (χ2n) is 5.11. The minimum absolute atomic E-state index is 0.362. The van der Waals surface area contributed by atoms with Crippen molar-refractivity contribution in [2.24, 2.45) is 0 Å². The molecular formula is C16H20N4. The van der Waals surface area contributed by atoms with E-state index in [2.05, 4.69) is 38.4 Å². The van der Waals surface area contributed by atoms with Crippen molar-refractivity contribution in [1.82, 2.24) is 20.2 Å². The van der Waals surface area contributed by atoms with Gasteiger partial charge in [-0.25, -0.2) is 0 Å². The molecule has 1 saturated heterocycles. The number of pyridine rings is 2. The van der Waals surface area contributed by atoms with Crippen molar-refractivity contribution in [1.29, 1.82) is 0 Å². The van der Waals surface area contributed by atoms with E-state index in [-0.39, 0.29) is 0 Å². The van der Waals surface area contributed by atoms with Crippen molar-refractivity contribution < 1.29 is 0 Å². The van der Waals surface area contributed by atoms with Crippen molar-refractivity contribution in [3.8, 4) is 0 Å². The Morgan fingerprint density at radius 1 is 1.10 bits per heavy atom. The molecule has 1 fully saturated rings. The van der Waals surface area contributed by atoms with Crippen LogP contribution in [0.4, 0.5) is 0 Å². The number of hydrogen-bond donors (Lipinski definition) is 1. The maximum Gasteiger partial charge on any atom is 0.0422 e. The summed E-state index contributed by atoms with van der Waals surface area (Å²) in [6.45, 7) is 4.26. The normalized spacial score (nSPS) is 17.8. The van der Waals surface area contributed by atoms with E-state index in [4.69, 9.17) is 0 Å². The third-order valence-electron chi connectivity index (χ3n) is 3.79. The molecule has 0 aliphatic carbocycles. The molecule has 0 bridgehead atoms. The Morgan fingerprint density at radius 3 is 2.70 bits per heavy atom. The smallest absolute Gasteiger partial charge is 0.0422 e. The molecule has 0 spiro atoms. The second-order valence-corrected chi connectivity index (χ2v) is 5.11. The van der Waals surface area contributed by atoms with Gasteiger partial charge in [0.25, 0.3) is 0 Å². The predicted octanol–water partition coefficient (Wildman–Crippen LogP) is 1.67. The van der Waals surface area contributed by atoms with E-state index in [0.29, 0.717) is 6.04 Å². The Morgan fingerprint density at radius 2 is 2.00 bits per heavy atom. The molecule has 0 radical (unpaired) electrons. The van der Waals surface area contributed by atoms with Crippen molar-refractivity contribution >= 4 is 0 Å². The average molecular weight is 268 g/mol. The third-order valence-corrected chi connectivity index (χ3v) is 3.79. The Bertz CT molecular complexity index is 509. The summed E-state index contributed by atoms with van der Waals surface area (Å²) in [5.41, 5.74) is 2.42. The highest BCUT2D eigenvalue weighted by atomic mass is 15.2. The van der Waals surface area contributed by atoms with Gasteiger partial charge < -0.3 is 5.32 Å². The maximum atomic E-state index is 4.48. The summed E-state index contributed by atoms with van der Waals surface area (Å²) in [5, 5.41) is 3.41. The molecule has 4 nitrogen and oxygen atoms in total. The van der Waals surface area contributed by atoms with E-state index in [9.17, 15) is 0 Å². The monoisotopic (exact) mass is 268 g/mol. The molecule has 104 valence electrons. The fraction of sp³-hybridized carbons (Fsp3) is 0.375. The molecule has 2 aromatic heterocycles. The van der Waals surface area contributed by atoms with Crippen LogP contribution in [0.1, 0.15) is 17.3 Å². The maximum absolute atomic E-state index is 4.48. The van der Waals surface area contributed by atoms with Gasteiger partial charge in [0.2, 0.25) is 0 Å². The third kappa shape index (κ3) is 3.21. The van der Waals surface area contributed by atoms with Gasteiger partial charge in [0, 0.05) is 62.9 Å². The van der Waals surface area contributed by atoms with Gasteiger partial charge in [-0.2, -0.15) is 0 Å². The molecule has 1 aliphatic rings. The summed E-state index contributed by atoms with van der Waals surface area (Å²) in [7, 11) is 0. The summed E-state index contributed by atoms with van der Waals surface area (Å²) in [4.78, 5) is 11.3. The van der Waals surface area contributed by atoms with Crippen molar-refractivity contribution in [3.63, 3.8) is 0 Å². The molecule has 1 atom stereocenters. The summed E-state index contributed by atoms with van der Waals surface area (Å²) >= 11 is 0. The number of nitrogens with zero attached hydrogens (tertiary/aromatic N) is 3. The Labute approximate surface area is 119 Å². The molecule has 4 heteroatoms. The predicted molar refractivity (Wildman–Crippen MR) is 79.4 cm³/mol. The zero-order valence-corrected chi connectivity index (χ0v) is 11.6. The number of piperazine rings is 1. The number of hydrogen-bond acceptors (Lipinski definition) is 4. The summed E-state index contributed by atoms with van der Waals surface area (Å²) in [6.07, 6.45) is 6.62. The SMILES string of the molecule is c1ccc(CC(c2cccnc2)N2CCNCC2)nc1. The van der Waals surface area contributed by atoms with Crippen LogP contribution in [0.3, 0.4) is 0 Å². The molecule has 0 amide bonds. The quantitative estimate of drug-likeness (QED) is 0.916. The van der Waals surface area contributed by atoms with E-state index in [1.54, 1.807) is 0 Å². The number of aromatic nitrogens is 2. The van der Waals surface area contributed by atoms with Crippen LogP contribution in [-0.2, 0) is 6.42 Å². The van der Waals surface area contributed by atoms with Crippen LogP contribution in [0.15, 0.2) is 48.9 Å². The first-order chi connectivity index (χ1) is 9.93. The van der Waals surface area contributed by atoms with Crippen LogP contribution in [-0.4, -0.2) is 41.0 Å². The van der Waals surface area contributed by atoms with Crippen LogP contribution in [0.5, 0.6) is 0 Å². The fourth-order valence-corrected chi connectivity index (χ4v) is 2.74. The zero-order valence-electron chi connectivity index (χ0n) is 11.6. The topological polar surface area (TPSA) is 41.1 Å². The molecule has 3 rings (SSSR count). The summed E-state index contributed by atoms with van der Waals surface area (Å²) in [6, 6.07) is 10.7. The highest BCUT2D eigenvalue weighted by Gasteiger charge is 2.22. The molecular weight excluding hydrogens is 248 g/mol. The molecule has 1 N–H and O–H groups in total. The first-order valence-corrected chi connectivity index (χ1v) is 7.18. The van der Waals surface area contributed by atoms with E-state index in [1.807, 2.05) is 30.7 Å². The molecule has 1 aliphatic heterocycles. The van der Waals surface area contributed by atoms with Crippen LogP contribution < -0.4 is 5.32 Å². The van der Waals surface area contributed by atoms with Crippen LogP contribution in [0, 0.1) is 0 Å². The van der Waals surface area contributed by atoms with Crippen molar-refractivity contribution in [2.45, 2.75) is 12.5 Å². The summed E-state index contributed by atoms with van der Waals surface area (Å²) < 4.78 is 0. The highest BCUT2D eigenvalue weighted by Crippen LogP contribution is 2.24. The van der Waals surface area contributed by atoms with E-state index < -0.39 is 0 Å². The van der Waals surface area contributed by atoms with Crippen molar-refractivity contribution in [3.05, 3.63) is 60.2 Å². The second kappa shape index (κ2) is 6.59. The summed E-state index contributed by atoms with van der Waals surface area (Å²) in [5.74, 6) is 0. The Balaban J connectivity index is 1.83. The van der Waals surface area contributed by atoms with Gasteiger partial charge in [-0.1, -0.05) is 12.1 Å². The minimum Gasteiger partial charge on any atom is -0.314 e. The number of rotatable bonds is 4. The van der Waals surface area contributed by atoms with Gasteiger partial charge in [-0.05, 0) is 23.8 Å². The number of nitrogens with one attached hydrogen (secondary N) is 1. The van der Waals surface area contributed by atoms with Crippen molar-refractivity contribution in [2.75, 3.05) is 26.2 Å². The molecule has 0 aromatic carbocycles. The van der Waals surface area contributed by atoms with E-state index >= 15 is 0 Å². The first kappa shape index (κ1) is 13.2. The lowest BCUT2D eigenvalue weighted by molar-refractivity contribution is 0.171. The van der Waals surface area contributed by atoms with Gasteiger partial charge in [-0.15, -0.1) is 0 Å². The van der Waals surface area contributed by atoms with Gasteiger partial charge >= 0.3 is 0 Å². The standard InChI is InChI=1S/C16H20N4/c1-2-7-19-15(5-1)12-16(14-4-3-6-18-13-14)20-10-8-17-9-11-20/h1-7,13,16-17H,8-12H2. The van der Waals surface area contributed by atoms with Gasteiger partial charge in [0.05, 0.1) is 0 Å². The zero-order chi connectivity index (χ0) is 13.6. The van der Waals surface area contributed by atoms with Crippen LogP contribution in [0.25, 0.3) is 0 Å². The largest absolute Gasteiger partial charge is 0.314 e. The average Bonchev–Trinajstić information content (AvgIpc) is 2.55. The molecule has 20 heavy (non-hydrogen) atoms. The molecule has 3 heterocycles. The molecule has 1 unspecified atom stereocenters. The lowest BCUT2D eigenvalue weighted by Crippen LogP contribution is -2.45. The molecule has 2 aromatic rings. The van der Waals surface area contributed by atoms with Crippen LogP contribution in [0.2, 0.25) is 0 Å². The lowest BCUT2D eigenvalue weighted by Gasteiger charge is -2.35. The highest BCUT2D eigenvalue weighted by molar-refractivity contribution is 5.18. The minimum atomic E-state index is 0.362. The lowest BCUT2D eigenvalue weighted by atomic mass is 10.0. The van der Waals surface area contributed by atoms with E-state index in [0.717, 1.165) is 38.3 Å². The van der Waals surface area contributed by atoms with Crippen LogP contribution >= 0.6 is 0 Å². The Kier molecular flexibility index (Phi) is 4.35. The van der Waals surface area contributed by atoms with Gasteiger partial charge in [0.15, 0.2) is 0 Å².